The van der Waals surface area contributed by atoms with Crippen molar-refractivity contribution in [2.75, 3.05) is 19.6 Å². The lowest BCUT2D eigenvalue weighted by Gasteiger charge is -2.13. The van der Waals surface area contributed by atoms with Gasteiger partial charge in [0.05, 0.1) is 12.6 Å². The summed E-state index contributed by atoms with van der Waals surface area (Å²) in [5, 5.41) is 17.7. The molecule has 2 aromatic rings. The van der Waals surface area contributed by atoms with Crippen molar-refractivity contribution >= 4 is 53.1 Å². The zero-order chi connectivity index (χ0) is 18.1. The van der Waals surface area contributed by atoms with Crippen LogP contribution in [0, 0.1) is 0 Å². The number of guanidine groups is 1. The van der Waals surface area contributed by atoms with Crippen LogP contribution < -0.4 is 10.6 Å². The molecule has 5 nitrogen and oxygen atoms in total. The number of hydrogen-bond acceptors (Lipinski definition) is 3. The van der Waals surface area contributed by atoms with Crippen molar-refractivity contribution in [2.24, 2.45) is 4.99 Å². The molecule has 0 saturated carbocycles. The van der Waals surface area contributed by atoms with Gasteiger partial charge in [-0.2, -0.15) is 0 Å². The lowest BCUT2D eigenvalue weighted by molar-refractivity contribution is 0.187. The highest BCUT2D eigenvalue weighted by molar-refractivity contribution is 14.0. The molecule has 0 bridgehead atoms. The Hall–Kier alpha value is -1.09. The third kappa shape index (κ3) is 8.07. The van der Waals surface area contributed by atoms with Crippen LogP contribution in [0.4, 0.5) is 0 Å². The Labute approximate surface area is 181 Å². The molecule has 2 rings (SSSR count). The van der Waals surface area contributed by atoms with E-state index >= 15 is 0 Å². The number of aliphatic hydroxyl groups excluding tert-OH is 1. The van der Waals surface area contributed by atoms with Gasteiger partial charge in [-0.3, -0.25) is 9.98 Å². The topological polar surface area (TPSA) is 69.5 Å². The van der Waals surface area contributed by atoms with Gasteiger partial charge in [0, 0.05) is 41.4 Å². The van der Waals surface area contributed by atoms with Gasteiger partial charge in [0.25, 0.3) is 0 Å². The highest BCUT2D eigenvalue weighted by Crippen LogP contribution is 2.23. The monoisotopic (exact) mass is 508 g/mol. The highest BCUT2D eigenvalue weighted by Gasteiger charge is 2.09. The third-order valence-electron chi connectivity index (χ3n) is 3.44. The van der Waals surface area contributed by atoms with Gasteiger partial charge in [-0.1, -0.05) is 29.3 Å². The SMILES string of the molecule is CCNC(=NCC(O)c1cc(Cl)cc(Cl)c1)NCCc1ccccn1.I. The maximum absolute atomic E-state index is 10.3. The average Bonchev–Trinajstić information content (AvgIpc) is 2.59. The van der Waals surface area contributed by atoms with E-state index in [1.165, 1.54) is 0 Å². The molecule has 1 heterocycles. The van der Waals surface area contributed by atoms with Crippen molar-refractivity contribution in [2.45, 2.75) is 19.4 Å². The summed E-state index contributed by atoms with van der Waals surface area (Å²) in [6.45, 7) is 3.62. The first-order chi connectivity index (χ1) is 12.1. The molecule has 1 aromatic carbocycles. The van der Waals surface area contributed by atoms with Crippen LogP contribution in [0.2, 0.25) is 10.0 Å². The third-order valence-corrected chi connectivity index (χ3v) is 3.87. The van der Waals surface area contributed by atoms with E-state index in [0.717, 1.165) is 18.7 Å². The molecule has 142 valence electrons. The highest BCUT2D eigenvalue weighted by atomic mass is 127. The number of nitrogens with one attached hydrogen (secondary N) is 2. The Balaban J connectivity index is 0.00000338. The minimum atomic E-state index is -0.776. The predicted octanol–water partition coefficient (Wildman–Crippen LogP) is 3.84. The molecule has 0 fully saturated rings. The summed E-state index contributed by atoms with van der Waals surface area (Å²) in [4.78, 5) is 8.70. The summed E-state index contributed by atoms with van der Waals surface area (Å²) >= 11 is 11.9. The largest absolute Gasteiger partial charge is 0.386 e. The summed E-state index contributed by atoms with van der Waals surface area (Å²) in [6.07, 6.45) is 1.79. The maximum atomic E-state index is 10.3. The second-order valence-electron chi connectivity index (χ2n) is 5.44. The molecule has 0 aliphatic rings. The predicted molar refractivity (Wildman–Crippen MR) is 119 cm³/mol. The quantitative estimate of drug-likeness (QED) is 0.302. The van der Waals surface area contributed by atoms with E-state index in [4.69, 9.17) is 23.2 Å². The first-order valence-electron chi connectivity index (χ1n) is 8.14. The van der Waals surface area contributed by atoms with Crippen LogP contribution >= 0.6 is 47.2 Å². The van der Waals surface area contributed by atoms with Crippen LogP contribution in [-0.2, 0) is 6.42 Å². The summed E-state index contributed by atoms with van der Waals surface area (Å²) in [6, 6.07) is 10.9. The normalized spacial score (nSPS) is 12.2. The molecule has 8 heteroatoms. The number of hydrogen-bond donors (Lipinski definition) is 3. The van der Waals surface area contributed by atoms with E-state index in [1.807, 2.05) is 25.1 Å². The molecule has 1 unspecified atom stereocenters. The van der Waals surface area contributed by atoms with E-state index in [9.17, 15) is 5.11 Å². The van der Waals surface area contributed by atoms with Crippen LogP contribution in [0.5, 0.6) is 0 Å². The summed E-state index contributed by atoms with van der Waals surface area (Å²) in [7, 11) is 0. The van der Waals surface area contributed by atoms with Crippen LogP contribution in [0.1, 0.15) is 24.3 Å². The summed E-state index contributed by atoms with van der Waals surface area (Å²) < 4.78 is 0. The van der Waals surface area contributed by atoms with E-state index in [-0.39, 0.29) is 30.5 Å². The van der Waals surface area contributed by atoms with Gasteiger partial charge >= 0.3 is 0 Å². The van der Waals surface area contributed by atoms with E-state index in [1.54, 1.807) is 24.4 Å². The first-order valence-corrected chi connectivity index (χ1v) is 8.90. The molecule has 0 saturated heterocycles. The number of aromatic nitrogens is 1. The van der Waals surface area contributed by atoms with Gasteiger partial charge in [-0.25, -0.2) is 0 Å². The second-order valence-corrected chi connectivity index (χ2v) is 6.31. The number of pyridine rings is 1. The Morgan fingerprint density at radius 3 is 2.54 bits per heavy atom. The molecule has 1 atom stereocenters. The van der Waals surface area contributed by atoms with Gasteiger partial charge < -0.3 is 15.7 Å². The van der Waals surface area contributed by atoms with Gasteiger partial charge in [-0.05, 0) is 42.8 Å². The maximum Gasteiger partial charge on any atom is 0.191 e. The summed E-state index contributed by atoms with van der Waals surface area (Å²) in [5.74, 6) is 0.644. The van der Waals surface area contributed by atoms with E-state index < -0.39 is 6.10 Å². The van der Waals surface area contributed by atoms with Crippen molar-refractivity contribution in [3.8, 4) is 0 Å². The molecule has 0 aliphatic heterocycles. The number of aliphatic hydroxyl groups is 1. The van der Waals surface area contributed by atoms with Crippen molar-refractivity contribution in [3.63, 3.8) is 0 Å². The lowest BCUT2D eigenvalue weighted by atomic mass is 10.1. The molecule has 0 amide bonds. The number of nitrogens with zero attached hydrogens (tertiary/aromatic N) is 2. The molecular formula is C18H23Cl2IN4O. The van der Waals surface area contributed by atoms with Crippen molar-refractivity contribution < 1.29 is 5.11 Å². The molecule has 1 aromatic heterocycles. The van der Waals surface area contributed by atoms with Gasteiger partial charge in [0.15, 0.2) is 5.96 Å². The number of halogens is 3. The molecule has 26 heavy (non-hydrogen) atoms. The minimum Gasteiger partial charge on any atom is -0.386 e. The molecule has 3 N–H and O–H groups in total. The summed E-state index contributed by atoms with van der Waals surface area (Å²) in [5.41, 5.74) is 1.66. The zero-order valence-electron chi connectivity index (χ0n) is 14.5. The smallest absolute Gasteiger partial charge is 0.191 e. The van der Waals surface area contributed by atoms with E-state index in [2.05, 4.69) is 20.6 Å². The fourth-order valence-corrected chi connectivity index (χ4v) is 2.79. The van der Waals surface area contributed by atoms with Gasteiger partial charge in [0.1, 0.15) is 0 Å². The number of rotatable bonds is 7. The number of benzene rings is 1. The van der Waals surface area contributed by atoms with E-state index in [0.29, 0.717) is 28.1 Å². The Morgan fingerprint density at radius 2 is 1.92 bits per heavy atom. The van der Waals surface area contributed by atoms with Crippen LogP contribution in [0.3, 0.4) is 0 Å². The van der Waals surface area contributed by atoms with Gasteiger partial charge in [0.2, 0.25) is 0 Å². The average molecular weight is 509 g/mol. The fraction of sp³-hybridized carbons (Fsp3) is 0.333. The zero-order valence-corrected chi connectivity index (χ0v) is 18.3. The number of aliphatic imine (C=N–C) groups is 1. The van der Waals surface area contributed by atoms with Crippen molar-refractivity contribution in [1.29, 1.82) is 0 Å². The lowest BCUT2D eigenvalue weighted by Crippen LogP contribution is -2.38. The van der Waals surface area contributed by atoms with Crippen molar-refractivity contribution in [1.82, 2.24) is 15.6 Å². The Morgan fingerprint density at radius 1 is 1.19 bits per heavy atom. The van der Waals surface area contributed by atoms with Crippen molar-refractivity contribution in [3.05, 3.63) is 63.9 Å². The molecule has 0 spiro atoms. The fourth-order valence-electron chi connectivity index (χ4n) is 2.25. The minimum absolute atomic E-state index is 0. The molecule has 0 radical (unpaired) electrons. The standard InChI is InChI=1S/C18H22Cl2N4O.HI/c1-2-21-18(23-8-6-16-5-3-4-7-22-16)24-12-17(25)13-9-14(19)11-15(20)10-13;/h3-5,7,9-11,17,25H,2,6,8,12H2,1H3,(H2,21,23,24);1H. The molecular weight excluding hydrogens is 486 g/mol. The second kappa shape index (κ2) is 12.3. The van der Waals surface area contributed by atoms with Crippen LogP contribution in [0.25, 0.3) is 0 Å². The van der Waals surface area contributed by atoms with Crippen LogP contribution in [-0.4, -0.2) is 35.7 Å². The Kier molecular flexibility index (Phi) is 10.9. The van der Waals surface area contributed by atoms with Crippen LogP contribution in [0.15, 0.2) is 47.6 Å². The molecule has 0 aliphatic carbocycles. The first kappa shape index (κ1) is 23.0. The van der Waals surface area contributed by atoms with Gasteiger partial charge in [-0.15, -0.1) is 24.0 Å². The Bertz CT molecular complexity index is 681.